The van der Waals surface area contributed by atoms with E-state index in [9.17, 15) is 14.9 Å². The summed E-state index contributed by atoms with van der Waals surface area (Å²) in [6.45, 7) is 0.183. The first-order valence-corrected chi connectivity index (χ1v) is 10.0. The molecule has 0 unspecified atom stereocenters. The second-order valence-corrected chi connectivity index (χ2v) is 7.69. The molecule has 0 aliphatic rings. The molecule has 0 N–H and O–H groups in total. The largest absolute Gasteiger partial charge is 0.467 e. The number of rotatable bonds is 6. The molecule has 0 fully saturated rings. The number of nitro benzene ring substituents is 1. The topological polar surface area (TPSA) is 89.5 Å². The lowest BCUT2D eigenvalue weighted by Crippen LogP contribution is -2.28. The molecule has 7 nitrogen and oxygen atoms in total. The number of furan rings is 1. The SMILES string of the molecule is O=C(/C=C/c1cccc([N+](=O)[O-])c1)N(Cc1ccco1)c1nc2c(Cl)cccc2s1. The maximum atomic E-state index is 13.0. The molecular formula is C21H14ClN3O4S. The van der Waals surface area contributed by atoms with Gasteiger partial charge in [-0.1, -0.05) is 41.1 Å². The van der Waals surface area contributed by atoms with Crippen molar-refractivity contribution in [1.29, 1.82) is 0 Å². The van der Waals surface area contributed by atoms with E-state index in [1.807, 2.05) is 12.1 Å². The van der Waals surface area contributed by atoms with E-state index in [0.29, 0.717) is 27.0 Å². The summed E-state index contributed by atoms with van der Waals surface area (Å²) in [5.74, 6) is 0.255. The van der Waals surface area contributed by atoms with Crippen LogP contribution in [-0.4, -0.2) is 15.8 Å². The number of hydrogen-bond donors (Lipinski definition) is 0. The third kappa shape index (κ3) is 4.24. The first-order valence-electron chi connectivity index (χ1n) is 8.83. The van der Waals surface area contributed by atoms with E-state index in [2.05, 4.69) is 4.98 Å². The quantitative estimate of drug-likeness (QED) is 0.218. The van der Waals surface area contributed by atoms with Gasteiger partial charge >= 0.3 is 0 Å². The predicted octanol–water partition coefficient (Wildman–Crippen LogP) is 5.70. The molecule has 1 amide bonds. The highest BCUT2D eigenvalue weighted by atomic mass is 35.5. The number of amides is 1. The van der Waals surface area contributed by atoms with Crippen LogP contribution in [0.1, 0.15) is 11.3 Å². The van der Waals surface area contributed by atoms with Crippen molar-refractivity contribution in [3.63, 3.8) is 0 Å². The second-order valence-electron chi connectivity index (χ2n) is 6.27. The smallest absolute Gasteiger partial charge is 0.270 e. The van der Waals surface area contributed by atoms with Gasteiger partial charge in [-0.05, 0) is 35.9 Å². The van der Waals surface area contributed by atoms with Gasteiger partial charge in [0.05, 0.1) is 27.5 Å². The van der Waals surface area contributed by atoms with Gasteiger partial charge in [0.25, 0.3) is 11.6 Å². The van der Waals surface area contributed by atoms with Crippen molar-refractivity contribution < 1.29 is 14.1 Å². The number of nitro groups is 1. The Hall–Kier alpha value is -3.49. The van der Waals surface area contributed by atoms with Crippen LogP contribution in [0.5, 0.6) is 0 Å². The Bertz CT molecular complexity index is 1250. The first kappa shape index (κ1) is 19.8. The number of anilines is 1. The summed E-state index contributed by atoms with van der Waals surface area (Å²) in [7, 11) is 0. The third-order valence-electron chi connectivity index (χ3n) is 4.25. The number of thiazole rings is 1. The highest BCUT2D eigenvalue weighted by Gasteiger charge is 2.20. The average molecular weight is 440 g/mol. The van der Waals surface area contributed by atoms with Crippen LogP contribution in [0.25, 0.3) is 16.3 Å². The van der Waals surface area contributed by atoms with Gasteiger partial charge in [-0.3, -0.25) is 19.8 Å². The Labute approximate surface area is 180 Å². The average Bonchev–Trinajstić information content (AvgIpc) is 3.40. The Balaban J connectivity index is 1.66. The number of para-hydroxylation sites is 1. The second kappa shape index (κ2) is 8.48. The van der Waals surface area contributed by atoms with Crippen LogP contribution < -0.4 is 4.90 Å². The number of benzene rings is 2. The number of nitrogens with zero attached hydrogens (tertiary/aromatic N) is 3. The lowest BCUT2D eigenvalue weighted by molar-refractivity contribution is -0.384. The van der Waals surface area contributed by atoms with E-state index in [-0.39, 0.29) is 18.1 Å². The van der Waals surface area contributed by atoms with E-state index in [0.717, 1.165) is 4.70 Å². The van der Waals surface area contributed by atoms with Gasteiger partial charge in [0.15, 0.2) is 5.13 Å². The maximum Gasteiger partial charge on any atom is 0.270 e. The molecule has 0 saturated heterocycles. The summed E-state index contributed by atoms with van der Waals surface area (Å²) in [5.41, 5.74) is 1.12. The number of halogens is 1. The van der Waals surface area contributed by atoms with Gasteiger partial charge in [0, 0.05) is 18.2 Å². The molecule has 0 radical (unpaired) electrons. The van der Waals surface area contributed by atoms with Crippen molar-refractivity contribution >= 4 is 56.0 Å². The molecule has 2 aromatic carbocycles. The van der Waals surface area contributed by atoms with Crippen molar-refractivity contribution in [2.75, 3.05) is 4.90 Å². The molecule has 150 valence electrons. The summed E-state index contributed by atoms with van der Waals surface area (Å²) in [4.78, 5) is 29.5. The van der Waals surface area contributed by atoms with Crippen LogP contribution in [0.2, 0.25) is 5.02 Å². The van der Waals surface area contributed by atoms with Crippen LogP contribution in [0, 0.1) is 10.1 Å². The van der Waals surface area contributed by atoms with Crippen molar-refractivity contribution in [2.45, 2.75) is 6.54 Å². The van der Waals surface area contributed by atoms with Gasteiger partial charge in [-0.25, -0.2) is 4.98 Å². The fraction of sp³-hybridized carbons (Fsp3) is 0.0476. The van der Waals surface area contributed by atoms with Gasteiger partial charge in [-0.15, -0.1) is 0 Å². The zero-order valence-corrected chi connectivity index (χ0v) is 17.0. The summed E-state index contributed by atoms with van der Waals surface area (Å²) >= 11 is 7.57. The molecule has 0 atom stereocenters. The molecule has 0 bridgehead atoms. The number of carbonyl (C=O) groups is 1. The number of fused-ring (bicyclic) bond motifs is 1. The van der Waals surface area contributed by atoms with E-state index >= 15 is 0 Å². The zero-order chi connectivity index (χ0) is 21.1. The number of carbonyl (C=O) groups excluding carboxylic acids is 1. The molecule has 0 spiro atoms. The fourth-order valence-electron chi connectivity index (χ4n) is 2.82. The molecule has 2 aromatic heterocycles. The standard InChI is InChI=1S/C21H14ClN3O4S/c22-17-7-2-8-18-20(17)23-21(30-18)24(13-16-6-3-11-29-16)19(26)10-9-14-4-1-5-15(12-14)25(27)28/h1-12H,13H2/b10-9+. The van der Waals surface area contributed by atoms with Crippen LogP contribution >= 0.6 is 22.9 Å². The number of non-ortho nitro benzene ring substituents is 1. The molecular weight excluding hydrogens is 426 g/mol. The molecule has 9 heteroatoms. The van der Waals surface area contributed by atoms with Crippen LogP contribution in [0.4, 0.5) is 10.8 Å². The Morgan fingerprint density at radius 2 is 2.07 bits per heavy atom. The molecule has 4 rings (SSSR count). The fourth-order valence-corrected chi connectivity index (χ4v) is 4.09. The van der Waals surface area contributed by atoms with E-state index < -0.39 is 4.92 Å². The van der Waals surface area contributed by atoms with Gasteiger partial charge in [0.2, 0.25) is 0 Å². The van der Waals surface area contributed by atoms with Crippen LogP contribution in [-0.2, 0) is 11.3 Å². The minimum Gasteiger partial charge on any atom is -0.467 e. The Kier molecular flexibility index (Phi) is 5.60. The number of hydrogen-bond acceptors (Lipinski definition) is 6. The predicted molar refractivity (Wildman–Crippen MR) is 117 cm³/mol. The van der Waals surface area contributed by atoms with Crippen LogP contribution in [0.3, 0.4) is 0 Å². The molecule has 4 aromatic rings. The molecule has 2 heterocycles. The maximum absolute atomic E-state index is 13.0. The normalized spacial score (nSPS) is 11.2. The Morgan fingerprint density at radius 1 is 1.23 bits per heavy atom. The van der Waals surface area contributed by atoms with Crippen molar-refractivity contribution in [2.24, 2.45) is 0 Å². The van der Waals surface area contributed by atoms with E-state index in [1.165, 1.54) is 46.8 Å². The molecule has 30 heavy (non-hydrogen) atoms. The van der Waals surface area contributed by atoms with Gasteiger partial charge < -0.3 is 4.42 Å². The van der Waals surface area contributed by atoms with Crippen molar-refractivity contribution in [3.05, 3.63) is 93.4 Å². The molecule has 0 aliphatic carbocycles. The lowest BCUT2D eigenvalue weighted by atomic mass is 10.2. The highest BCUT2D eigenvalue weighted by molar-refractivity contribution is 7.22. The Morgan fingerprint density at radius 3 is 2.80 bits per heavy atom. The van der Waals surface area contributed by atoms with E-state index in [4.69, 9.17) is 16.0 Å². The van der Waals surface area contributed by atoms with Crippen LogP contribution in [0.15, 0.2) is 71.4 Å². The summed E-state index contributed by atoms with van der Waals surface area (Å²) in [6.07, 6.45) is 4.42. The zero-order valence-electron chi connectivity index (χ0n) is 15.4. The lowest BCUT2D eigenvalue weighted by Gasteiger charge is -2.16. The van der Waals surface area contributed by atoms with Gasteiger partial charge in [-0.2, -0.15) is 0 Å². The summed E-state index contributed by atoms with van der Waals surface area (Å²) in [5, 5.41) is 11.9. The highest BCUT2D eigenvalue weighted by Crippen LogP contribution is 2.33. The number of aromatic nitrogens is 1. The summed E-state index contributed by atoms with van der Waals surface area (Å²) < 4.78 is 6.25. The van der Waals surface area contributed by atoms with Crippen molar-refractivity contribution in [3.8, 4) is 0 Å². The van der Waals surface area contributed by atoms with E-state index in [1.54, 1.807) is 30.3 Å². The third-order valence-corrected chi connectivity index (χ3v) is 5.60. The first-order chi connectivity index (χ1) is 14.5. The molecule has 0 saturated carbocycles. The minimum absolute atomic E-state index is 0.0437. The monoisotopic (exact) mass is 439 g/mol. The van der Waals surface area contributed by atoms with Crippen molar-refractivity contribution in [1.82, 2.24) is 4.98 Å². The summed E-state index contributed by atoms with van der Waals surface area (Å²) in [6, 6.07) is 15.0. The minimum atomic E-state index is -0.479. The molecule has 0 aliphatic heterocycles. The van der Waals surface area contributed by atoms with Gasteiger partial charge in [0.1, 0.15) is 11.3 Å².